The third kappa shape index (κ3) is 5.69. The summed E-state index contributed by atoms with van der Waals surface area (Å²) in [6.07, 6.45) is 15.0. The number of benzene rings is 1. The minimum absolute atomic E-state index is 0.0687. The van der Waals surface area contributed by atoms with E-state index in [0.717, 1.165) is 56.7 Å². The van der Waals surface area contributed by atoms with Crippen molar-refractivity contribution in [3.8, 4) is 0 Å². The fourth-order valence-electron chi connectivity index (χ4n) is 8.60. The van der Waals surface area contributed by atoms with Crippen molar-refractivity contribution in [2.24, 2.45) is 40.4 Å². The molecule has 4 aliphatic rings. The van der Waals surface area contributed by atoms with Gasteiger partial charge in [0, 0.05) is 12.1 Å². The second kappa shape index (κ2) is 11.7. The van der Waals surface area contributed by atoms with Crippen LogP contribution >= 0.6 is 0 Å². The number of fused-ring (bicyclic) bond motifs is 4. The molecule has 0 amide bonds. The Morgan fingerprint density at radius 2 is 1.63 bits per heavy atom. The molecule has 1 aromatic rings. The number of nitro groups is 2. The number of carbonyl (C=O) groups is 1. The Morgan fingerprint density at radius 3 is 2.26 bits per heavy atom. The SMILES string of the molecule is CC(C)[C@@H](C)/C=C/[C@@H](C)C1CC=C2C3=C(CCC21C)[C@]1(C)CCC(OC(=O)c2cc([N+](=O)[O-])cc([N+](=O)[O-])c2)CC1CC3. The smallest absolute Gasteiger partial charge is 0.338 e. The number of esters is 1. The Balaban J connectivity index is 1.29. The van der Waals surface area contributed by atoms with Crippen molar-refractivity contribution in [3.05, 3.63) is 78.9 Å². The van der Waals surface area contributed by atoms with E-state index in [9.17, 15) is 25.0 Å². The van der Waals surface area contributed by atoms with E-state index in [1.54, 1.807) is 16.7 Å². The van der Waals surface area contributed by atoms with E-state index in [2.05, 4.69) is 59.8 Å². The Bertz CT molecular complexity index is 1380. The van der Waals surface area contributed by atoms with E-state index >= 15 is 0 Å². The second-order valence-electron chi connectivity index (χ2n) is 14.4. The van der Waals surface area contributed by atoms with Crippen molar-refractivity contribution in [2.75, 3.05) is 0 Å². The Morgan fingerprint density at radius 1 is 0.953 bits per heavy atom. The van der Waals surface area contributed by atoms with E-state index in [1.807, 2.05) is 0 Å². The Kier molecular flexibility index (Phi) is 8.45. The number of hydrogen-bond acceptors (Lipinski definition) is 6. The molecule has 5 rings (SSSR count). The molecule has 0 bridgehead atoms. The van der Waals surface area contributed by atoms with Crippen LogP contribution in [0.2, 0.25) is 0 Å². The van der Waals surface area contributed by atoms with Gasteiger partial charge in [-0.15, -0.1) is 0 Å². The highest BCUT2D eigenvalue weighted by Gasteiger charge is 2.53. The average Bonchev–Trinajstić information content (AvgIpc) is 3.32. The largest absolute Gasteiger partial charge is 0.459 e. The zero-order valence-corrected chi connectivity index (χ0v) is 26.4. The van der Waals surface area contributed by atoms with Gasteiger partial charge >= 0.3 is 5.97 Å². The zero-order valence-electron chi connectivity index (χ0n) is 26.4. The maximum atomic E-state index is 13.0. The zero-order chi connectivity index (χ0) is 31.3. The molecule has 8 heteroatoms. The minimum atomic E-state index is -0.738. The molecule has 4 unspecified atom stereocenters. The summed E-state index contributed by atoms with van der Waals surface area (Å²) in [5.74, 6) is 2.04. The van der Waals surface area contributed by atoms with Gasteiger partial charge in [-0.2, -0.15) is 0 Å². The van der Waals surface area contributed by atoms with Gasteiger partial charge in [0.25, 0.3) is 11.4 Å². The predicted molar refractivity (Wildman–Crippen MR) is 166 cm³/mol. The summed E-state index contributed by atoms with van der Waals surface area (Å²) in [5.41, 5.74) is 3.95. The molecule has 1 fully saturated rings. The molecule has 7 atom stereocenters. The van der Waals surface area contributed by atoms with Gasteiger partial charge in [0.15, 0.2) is 0 Å². The van der Waals surface area contributed by atoms with E-state index in [4.69, 9.17) is 4.74 Å². The standard InChI is InChI=1S/C35H46N2O6/c1-21(2)22(3)7-8-23(4)30-11-12-31-29-10-9-25-19-28(13-15-34(25,5)32(29)14-16-35(30,31)6)43-33(38)24-17-26(36(39)40)20-27(18-24)37(41)42/h7-8,12,17-18,20-23,25,28,30H,9-11,13-16,19H2,1-6H3/b8-7+/t22-,23+,25?,28?,30?,34+,35?/m0/s1. The summed E-state index contributed by atoms with van der Waals surface area (Å²) in [7, 11) is 0. The van der Waals surface area contributed by atoms with Crippen molar-refractivity contribution in [2.45, 2.75) is 99.0 Å². The van der Waals surface area contributed by atoms with Crippen molar-refractivity contribution in [3.63, 3.8) is 0 Å². The third-order valence-electron chi connectivity index (χ3n) is 11.7. The number of non-ortho nitro benzene ring substituents is 2. The molecular formula is C35H46N2O6. The van der Waals surface area contributed by atoms with Crippen LogP contribution in [0.4, 0.5) is 11.4 Å². The van der Waals surface area contributed by atoms with Gasteiger partial charge in [0.05, 0.1) is 21.5 Å². The van der Waals surface area contributed by atoms with Gasteiger partial charge in [-0.3, -0.25) is 20.2 Å². The summed E-state index contributed by atoms with van der Waals surface area (Å²) in [4.78, 5) is 34.1. The lowest BCUT2D eigenvalue weighted by Crippen LogP contribution is -2.44. The lowest BCUT2D eigenvalue weighted by molar-refractivity contribution is -0.394. The molecule has 0 spiro atoms. The number of rotatable bonds is 8. The van der Waals surface area contributed by atoms with Gasteiger partial charge in [-0.05, 0) is 103 Å². The van der Waals surface area contributed by atoms with Gasteiger partial charge < -0.3 is 4.74 Å². The average molecular weight is 591 g/mol. The van der Waals surface area contributed by atoms with Crippen molar-refractivity contribution in [1.29, 1.82) is 0 Å². The van der Waals surface area contributed by atoms with E-state index in [1.165, 1.54) is 6.42 Å². The molecule has 0 aromatic heterocycles. The van der Waals surface area contributed by atoms with Gasteiger partial charge in [-0.25, -0.2) is 4.79 Å². The number of ether oxygens (including phenoxy) is 1. The highest BCUT2D eigenvalue weighted by atomic mass is 16.6. The molecule has 8 nitrogen and oxygen atoms in total. The summed E-state index contributed by atoms with van der Waals surface area (Å²) < 4.78 is 5.84. The molecule has 0 radical (unpaired) electrons. The van der Waals surface area contributed by atoms with Crippen LogP contribution in [0.25, 0.3) is 0 Å². The molecule has 0 heterocycles. The summed E-state index contributed by atoms with van der Waals surface area (Å²) >= 11 is 0. The molecule has 0 saturated heterocycles. The molecule has 0 N–H and O–H groups in total. The first-order chi connectivity index (χ1) is 20.2. The quantitative estimate of drug-likeness (QED) is 0.129. The van der Waals surface area contributed by atoms with Gasteiger partial charge in [0.1, 0.15) is 6.10 Å². The van der Waals surface area contributed by atoms with Crippen LogP contribution in [0.15, 0.2) is 53.1 Å². The molecule has 4 aliphatic carbocycles. The van der Waals surface area contributed by atoms with Crippen LogP contribution in [0, 0.1) is 60.6 Å². The summed E-state index contributed by atoms with van der Waals surface area (Å²) in [6, 6.07) is 2.98. The fourth-order valence-corrected chi connectivity index (χ4v) is 8.60. The van der Waals surface area contributed by atoms with Crippen molar-refractivity contribution in [1.82, 2.24) is 0 Å². The first kappa shape index (κ1) is 31.1. The molecule has 232 valence electrons. The van der Waals surface area contributed by atoms with Crippen LogP contribution in [0.5, 0.6) is 0 Å². The minimum Gasteiger partial charge on any atom is -0.459 e. The topological polar surface area (TPSA) is 113 Å². The number of nitro benzene ring substituents is 2. The van der Waals surface area contributed by atoms with Gasteiger partial charge in [-0.1, -0.05) is 65.3 Å². The normalized spacial score (nSPS) is 31.6. The third-order valence-corrected chi connectivity index (χ3v) is 11.7. The van der Waals surface area contributed by atoms with Crippen LogP contribution in [0.1, 0.15) is 103 Å². The molecule has 1 aromatic carbocycles. The van der Waals surface area contributed by atoms with Crippen molar-refractivity contribution >= 4 is 17.3 Å². The van der Waals surface area contributed by atoms with Gasteiger partial charge in [0.2, 0.25) is 0 Å². The fraction of sp³-hybridized carbons (Fsp3) is 0.629. The first-order valence-corrected chi connectivity index (χ1v) is 16.0. The molecule has 0 aliphatic heterocycles. The summed E-state index contributed by atoms with van der Waals surface area (Å²) in [5, 5.41) is 22.6. The predicted octanol–water partition coefficient (Wildman–Crippen LogP) is 9.16. The van der Waals surface area contributed by atoms with E-state index in [-0.39, 0.29) is 22.5 Å². The molecular weight excluding hydrogens is 544 g/mol. The van der Waals surface area contributed by atoms with Crippen molar-refractivity contribution < 1.29 is 19.4 Å². The second-order valence-corrected chi connectivity index (χ2v) is 14.4. The summed E-state index contributed by atoms with van der Waals surface area (Å²) in [6.45, 7) is 14.2. The van der Waals surface area contributed by atoms with Crippen LogP contribution < -0.4 is 0 Å². The highest BCUT2D eigenvalue weighted by Crippen LogP contribution is 2.64. The lowest BCUT2D eigenvalue weighted by Gasteiger charge is -2.54. The maximum absolute atomic E-state index is 13.0. The van der Waals surface area contributed by atoms with Crippen LogP contribution in [-0.4, -0.2) is 21.9 Å². The van der Waals surface area contributed by atoms with Crippen LogP contribution in [-0.2, 0) is 4.74 Å². The first-order valence-electron chi connectivity index (χ1n) is 16.0. The number of carbonyl (C=O) groups excluding carboxylic acids is 1. The Labute approximate surface area is 255 Å². The molecule has 43 heavy (non-hydrogen) atoms. The molecule has 1 saturated carbocycles. The monoisotopic (exact) mass is 590 g/mol. The van der Waals surface area contributed by atoms with Crippen LogP contribution in [0.3, 0.4) is 0 Å². The number of allylic oxidation sites excluding steroid dienone is 6. The lowest BCUT2D eigenvalue weighted by atomic mass is 9.51. The Hall–Kier alpha value is -3.29. The van der Waals surface area contributed by atoms with E-state index < -0.39 is 27.2 Å². The number of nitrogens with zero attached hydrogens (tertiary/aromatic N) is 2. The van der Waals surface area contributed by atoms with E-state index in [0.29, 0.717) is 36.0 Å². The maximum Gasteiger partial charge on any atom is 0.338 e. The highest BCUT2D eigenvalue weighted by molar-refractivity contribution is 5.91. The number of hydrogen-bond donors (Lipinski definition) is 0.